The fourth-order valence-corrected chi connectivity index (χ4v) is 1.88. The van der Waals surface area contributed by atoms with Crippen molar-refractivity contribution in [2.75, 3.05) is 17.2 Å². The summed E-state index contributed by atoms with van der Waals surface area (Å²) in [6.07, 6.45) is 2.55. The third-order valence-electron chi connectivity index (χ3n) is 2.87. The van der Waals surface area contributed by atoms with E-state index in [0.29, 0.717) is 11.9 Å². The van der Waals surface area contributed by atoms with Crippen LogP contribution in [0.1, 0.15) is 31.2 Å². The Bertz CT molecular complexity index is 371. The molecule has 0 radical (unpaired) electrons. The lowest BCUT2D eigenvalue weighted by atomic mass is 10.2. The number of hydrogen-bond acceptors (Lipinski definition) is 4. The molecular formula is C11H18N4. The van der Waals surface area contributed by atoms with E-state index in [1.54, 1.807) is 0 Å². The quantitative estimate of drug-likeness (QED) is 0.817. The molecule has 2 rings (SSSR count). The molecule has 0 aliphatic heterocycles. The molecule has 0 aromatic carbocycles. The van der Waals surface area contributed by atoms with Gasteiger partial charge in [-0.05, 0) is 33.6 Å². The van der Waals surface area contributed by atoms with Gasteiger partial charge in [0.2, 0.25) is 0 Å². The van der Waals surface area contributed by atoms with Crippen molar-refractivity contribution in [1.29, 1.82) is 0 Å². The lowest BCUT2D eigenvalue weighted by molar-refractivity contribution is 0.795. The van der Waals surface area contributed by atoms with E-state index < -0.39 is 0 Å². The monoisotopic (exact) mass is 206 g/mol. The average Bonchev–Trinajstić information content (AvgIpc) is 2.98. The van der Waals surface area contributed by atoms with Crippen LogP contribution in [0.25, 0.3) is 0 Å². The predicted octanol–water partition coefficient (Wildman–Crippen LogP) is 1.66. The van der Waals surface area contributed by atoms with Crippen molar-refractivity contribution in [3.8, 4) is 0 Å². The van der Waals surface area contributed by atoms with Crippen LogP contribution in [0.4, 0.5) is 11.6 Å². The molecular weight excluding hydrogens is 188 g/mol. The first kappa shape index (κ1) is 10.2. The Kier molecular flexibility index (Phi) is 2.50. The van der Waals surface area contributed by atoms with Crippen LogP contribution in [0.3, 0.4) is 0 Å². The first-order valence-electron chi connectivity index (χ1n) is 5.50. The fraction of sp³-hybridized carbons (Fsp3) is 0.636. The molecule has 4 nitrogen and oxygen atoms in total. The van der Waals surface area contributed by atoms with Gasteiger partial charge in [0.05, 0.1) is 0 Å². The Hall–Kier alpha value is -1.32. The van der Waals surface area contributed by atoms with Gasteiger partial charge in [0.1, 0.15) is 17.5 Å². The molecule has 0 saturated heterocycles. The molecule has 1 heterocycles. The van der Waals surface area contributed by atoms with E-state index in [4.69, 9.17) is 5.73 Å². The first-order valence-corrected chi connectivity index (χ1v) is 5.50. The highest BCUT2D eigenvalue weighted by molar-refractivity contribution is 5.57. The Balaban J connectivity index is 2.40. The van der Waals surface area contributed by atoms with Gasteiger partial charge >= 0.3 is 0 Å². The normalized spacial score (nSPS) is 15.4. The predicted molar refractivity (Wildman–Crippen MR) is 62.0 cm³/mol. The van der Waals surface area contributed by atoms with Crippen LogP contribution in [0.2, 0.25) is 0 Å². The highest BCUT2D eigenvalue weighted by Crippen LogP contribution is 2.33. The molecule has 1 aromatic heterocycles. The van der Waals surface area contributed by atoms with E-state index in [0.717, 1.165) is 23.8 Å². The SMILES string of the molecule is CCN(c1nc(C)nc(N)c1C)C1CC1. The summed E-state index contributed by atoms with van der Waals surface area (Å²) in [4.78, 5) is 11.0. The summed E-state index contributed by atoms with van der Waals surface area (Å²) in [6, 6.07) is 0.669. The van der Waals surface area contributed by atoms with Crippen LogP contribution in [0.15, 0.2) is 0 Å². The highest BCUT2D eigenvalue weighted by atomic mass is 15.2. The molecule has 1 fully saturated rings. The number of nitrogens with two attached hydrogens (primary N) is 1. The van der Waals surface area contributed by atoms with Gasteiger partial charge in [-0.15, -0.1) is 0 Å². The second kappa shape index (κ2) is 3.68. The van der Waals surface area contributed by atoms with Gasteiger partial charge in [-0.25, -0.2) is 9.97 Å². The van der Waals surface area contributed by atoms with Gasteiger partial charge in [0.15, 0.2) is 0 Å². The zero-order valence-corrected chi connectivity index (χ0v) is 9.62. The van der Waals surface area contributed by atoms with Crippen molar-refractivity contribution in [2.45, 2.75) is 39.7 Å². The highest BCUT2D eigenvalue weighted by Gasteiger charge is 2.30. The molecule has 15 heavy (non-hydrogen) atoms. The van der Waals surface area contributed by atoms with Crippen LogP contribution in [0, 0.1) is 13.8 Å². The number of rotatable bonds is 3. The van der Waals surface area contributed by atoms with Crippen LogP contribution >= 0.6 is 0 Å². The second-order valence-corrected chi connectivity index (χ2v) is 4.12. The zero-order chi connectivity index (χ0) is 11.0. The summed E-state index contributed by atoms with van der Waals surface area (Å²) in [5.74, 6) is 2.38. The Morgan fingerprint density at radius 2 is 2.00 bits per heavy atom. The van der Waals surface area contributed by atoms with Gasteiger partial charge < -0.3 is 10.6 Å². The topological polar surface area (TPSA) is 55.0 Å². The van der Waals surface area contributed by atoms with Gasteiger partial charge in [-0.3, -0.25) is 0 Å². The Labute approximate surface area is 90.5 Å². The number of hydrogen-bond donors (Lipinski definition) is 1. The zero-order valence-electron chi connectivity index (χ0n) is 9.62. The smallest absolute Gasteiger partial charge is 0.137 e. The van der Waals surface area contributed by atoms with Gasteiger partial charge in [-0.1, -0.05) is 0 Å². The summed E-state index contributed by atoms with van der Waals surface area (Å²) in [5.41, 5.74) is 6.87. The standard InChI is InChI=1S/C11H18N4/c1-4-15(9-5-6-9)11-7(2)10(12)13-8(3)14-11/h9H,4-6H2,1-3H3,(H2,12,13,14). The van der Waals surface area contributed by atoms with Crippen molar-refractivity contribution in [2.24, 2.45) is 0 Å². The molecule has 0 unspecified atom stereocenters. The van der Waals surface area contributed by atoms with Gasteiger partial charge in [-0.2, -0.15) is 0 Å². The number of aryl methyl sites for hydroxylation is 1. The van der Waals surface area contributed by atoms with Gasteiger partial charge in [0.25, 0.3) is 0 Å². The average molecular weight is 206 g/mol. The maximum absolute atomic E-state index is 5.86. The van der Waals surface area contributed by atoms with Crippen molar-refractivity contribution in [1.82, 2.24) is 9.97 Å². The largest absolute Gasteiger partial charge is 0.383 e. The maximum Gasteiger partial charge on any atom is 0.137 e. The minimum Gasteiger partial charge on any atom is -0.383 e. The Morgan fingerprint density at radius 1 is 1.33 bits per heavy atom. The molecule has 1 aliphatic carbocycles. The fourth-order valence-electron chi connectivity index (χ4n) is 1.88. The molecule has 4 heteroatoms. The molecule has 82 valence electrons. The molecule has 2 N–H and O–H groups in total. The molecule has 1 aromatic rings. The van der Waals surface area contributed by atoms with E-state index in [9.17, 15) is 0 Å². The van der Waals surface area contributed by atoms with E-state index in [1.165, 1.54) is 12.8 Å². The molecule has 0 atom stereocenters. The molecule has 0 bridgehead atoms. The van der Waals surface area contributed by atoms with Crippen LogP contribution in [-0.4, -0.2) is 22.6 Å². The Morgan fingerprint density at radius 3 is 2.53 bits per heavy atom. The summed E-state index contributed by atoms with van der Waals surface area (Å²) in [5, 5.41) is 0. The summed E-state index contributed by atoms with van der Waals surface area (Å²) >= 11 is 0. The lowest BCUT2D eigenvalue weighted by Crippen LogP contribution is -2.27. The van der Waals surface area contributed by atoms with Crippen molar-refractivity contribution >= 4 is 11.6 Å². The molecule has 1 saturated carbocycles. The lowest BCUT2D eigenvalue weighted by Gasteiger charge is -2.24. The van der Waals surface area contributed by atoms with Crippen molar-refractivity contribution < 1.29 is 0 Å². The minimum atomic E-state index is 0.608. The third-order valence-corrected chi connectivity index (χ3v) is 2.87. The van der Waals surface area contributed by atoms with E-state index in [2.05, 4.69) is 21.8 Å². The van der Waals surface area contributed by atoms with E-state index in [1.807, 2.05) is 13.8 Å². The number of aromatic nitrogens is 2. The molecule has 1 aliphatic rings. The van der Waals surface area contributed by atoms with Crippen molar-refractivity contribution in [3.05, 3.63) is 11.4 Å². The summed E-state index contributed by atoms with van der Waals surface area (Å²) in [7, 11) is 0. The molecule has 0 amide bonds. The van der Waals surface area contributed by atoms with Crippen LogP contribution < -0.4 is 10.6 Å². The van der Waals surface area contributed by atoms with E-state index in [-0.39, 0.29) is 0 Å². The third kappa shape index (κ3) is 1.89. The summed E-state index contributed by atoms with van der Waals surface area (Å²) < 4.78 is 0. The number of nitrogens with zero attached hydrogens (tertiary/aromatic N) is 3. The molecule has 0 spiro atoms. The maximum atomic E-state index is 5.86. The number of nitrogen functional groups attached to an aromatic ring is 1. The number of anilines is 2. The minimum absolute atomic E-state index is 0.608. The van der Waals surface area contributed by atoms with E-state index >= 15 is 0 Å². The van der Waals surface area contributed by atoms with Crippen molar-refractivity contribution in [3.63, 3.8) is 0 Å². The van der Waals surface area contributed by atoms with Crippen LogP contribution in [-0.2, 0) is 0 Å². The first-order chi connectivity index (χ1) is 7.13. The van der Waals surface area contributed by atoms with Gasteiger partial charge in [0, 0.05) is 18.2 Å². The van der Waals surface area contributed by atoms with Crippen LogP contribution in [0.5, 0.6) is 0 Å². The second-order valence-electron chi connectivity index (χ2n) is 4.12. The summed E-state index contributed by atoms with van der Waals surface area (Å²) in [6.45, 7) is 7.03.